The van der Waals surface area contributed by atoms with Crippen molar-refractivity contribution < 1.29 is 37.3 Å². The van der Waals surface area contributed by atoms with Gasteiger partial charge >= 0.3 is 0 Å². The van der Waals surface area contributed by atoms with E-state index in [4.69, 9.17) is 4.74 Å². The molecule has 0 aliphatic carbocycles. The normalized spacial score (nSPS) is 18.4. The van der Waals surface area contributed by atoms with Crippen LogP contribution in [0.15, 0.2) is 29.2 Å². The van der Waals surface area contributed by atoms with E-state index >= 15 is 4.39 Å². The summed E-state index contributed by atoms with van der Waals surface area (Å²) >= 11 is 0. The number of nitrogens with one attached hydrogen (secondary N) is 1. The summed E-state index contributed by atoms with van der Waals surface area (Å²) in [6.07, 6.45) is -1.55. The number of β-amino-alcohol motifs (C(OH)–C–C–N with tert-alkyl or cyclic N) is 2. The molecule has 0 bridgehead atoms. The van der Waals surface area contributed by atoms with Gasteiger partial charge in [-0.2, -0.15) is 0 Å². The fourth-order valence-corrected chi connectivity index (χ4v) is 4.30. The molecule has 1 amide bonds. The molecule has 9 nitrogen and oxygen atoms in total. The van der Waals surface area contributed by atoms with E-state index in [9.17, 15) is 33.0 Å². The first-order valence-corrected chi connectivity index (χ1v) is 11.7. The average molecular weight is 538 g/mol. The van der Waals surface area contributed by atoms with Gasteiger partial charge in [0.1, 0.15) is 17.1 Å². The van der Waals surface area contributed by atoms with Crippen LogP contribution >= 0.6 is 0 Å². The third kappa shape index (κ3) is 5.08. The average Bonchev–Trinajstić information content (AvgIpc) is 3.17. The Labute approximate surface area is 214 Å². The molecule has 4 rings (SSSR count). The Kier molecular flexibility index (Phi) is 7.72. The Hall–Kier alpha value is -3.55. The van der Waals surface area contributed by atoms with Gasteiger partial charge in [-0.3, -0.25) is 14.2 Å². The molecule has 3 N–H and O–H groups in total. The van der Waals surface area contributed by atoms with Crippen LogP contribution < -0.4 is 15.6 Å². The second-order valence-corrected chi connectivity index (χ2v) is 9.44. The number of pyridine rings is 2. The number of halogens is 4. The van der Waals surface area contributed by atoms with Gasteiger partial charge in [-0.1, -0.05) is 13.8 Å². The van der Waals surface area contributed by atoms with Gasteiger partial charge in [0.2, 0.25) is 5.43 Å². The smallest absolute Gasteiger partial charge is 0.257 e. The van der Waals surface area contributed by atoms with E-state index in [1.807, 2.05) is 0 Å². The van der Waals surface area contributed by atoms with Gasteiger partial charge < -0.3 is 25.2 Å². The Morgan fingerprint density at radius 3 is 2.26 bits per heavy atom. The maximum Gasteiger partial charge on any atom is 0.257 e. The number of rotatable bonds is 7. The monoisotopic (exact) mass is 538 g/mol. The van der Waals surface area contributed by atoms with Crippen LogP contribution in [0.5, 0.6) is 0 Å². The van der Waals surface area contributed by atoms with Crippen molar-refractivity contribution in [1.29, 1.82) is 0 Å². The van der Waals surface area contributed by atoms with Crippen LogP contribution in [-0.2, 0) is 4.74 Å². The third-order valence-electron chi connectivity index (χ3n) is 6.41. The van der Waals surface area contributed by atoms with E-state index < -0.39 is 81.0 Å². The lowest BCUT2D eigenvalue weighted by Gasteiger charge is -2.22. The number of carbonyl (C=O) groups is 1. The number of anilines is 1. The van der Waals surface area contributed by atoms with Gasteiger partial charge in [0.15, 0.2) is 28.9 Å². The van der Waals surface area contributed by atoms with Gasteiger partial charge in [-0.05, 0) is 12.0 Å². The standard InChI is InChI=1S/C25H26F4N4O5/c1-11(2)18(10-38-3)30-25(37)14-7-33(21-15(27)4-12(26)5-16(21)28)23-13(22(14)36)6-17(29)24(31-23)32-8-19(34)20(35)9-32/h4-7,11,18-20,34-35H,8-10H2,1-3H3,(H,30,37)/t18?,19-,20+. The zero-order chi connectivity index (χ0) is 27.9. The molecule has 1 aromatic carbocycles. The first kappa shape index (κ1) is 27.5. The molecule has 1 aliphatic rings. The molecule has 0 saturated carbocycles. The number of hydrogen-bond acceptors (Lipinski definition) is 7. The second-order valence-electron chi connectivity index (χ2n) is 9.44. The first-order valence-electron chi connectivity index (χ1n) is 11.7. The fourth-order valence-electron chi connectivity index (χ4n) is 4.30. The maximum atomic E-state index is 15.2. The lowest BCUT2D eigenvalue weighted by atomic mass is 10.0. The minimum Gasteiger partial charge on any atom is -0.389 e. The summed E-state index contributed by atoms with van der Waals surface area (Å²) in [5.74, 6) is -6.37. The third-order valence-corrected chi connectivity index (χ3v) is 6.41. The summed E-state index contributed by atoms with van der Waals surface area (Å²) in [7, 11) is 1.43. The molecule has 2 aromatic heterocycles. The van der Waals surface area contributed by atoms with E-state index in [1.54, 1.807) is 13.8 Å². The number of nitrogens with zero attached hydrogens (tertiary/aromatic N) is 3. The number of aliphatic hydroxyl groups is 2. The van der Waals surface area contributed by atoms with Crippen molar-refractivity contribution in [2.24, 2.45) is 5.92 Å². The van der Waals surface area contributed by atoms with Crippen molar-refractivity contribution in [1.82, 2.24) is 14.9 Å². The summed E-state index contributed by atoms with van der Waals surface area (Å²) in [6, 6.07) is 1.06. The number of aromatic nitrogens is 2. The number of methoxy groups -OCH3 is 1. The minimum absolute atomic E-state index is 0.110. The van der Waals surface area contributed by atoms with Crippen LogP contribution in [0.3, 0.4) is 0 Å². The van der Waals surface area contributed by atoms with Crippen LogP contribution in [0, 0.1) is 29.2 Å². The van der Waals surface area contributed by atoms with Crippen molar-refractivity contribution in [2.45, 2.75) is 32.1 Å². The van der Waals surface area contributed by atoms with Gasteiger partial charge in [-0.25, -0.2) is 22.5 Å². The number of ether oxygens (including phenoxy) is 1. The van der Waals surface area contributed by atoms with E-state index in [2.05, 4.69) is 10.3 Å². The van der Waals surface area contributed by atoms with Gasteiger partial charge in [0, 0.05) is 38.5 Å². The molecule has 0 spiro atoms. The molecule has 3 atom stereocenters. The zero-order valence-electron chi connectivity index (χ0n) is 20.7. The van der Waals surface area contributed by atoms with E-state index in [0.29, 0.717) is 12.1 Å². The van der Waals surface area contributed by atoms with Gasteiger partial charge in [0.25, 0.3) is 5.91 Å². The van der Waals surface area contributed by atoms with E-state index in [1.165, 1.54) is 12.0 Å². The number of amides is 1. The van der Waals surface area contributed by atoms with Crippen LogP contribution in [0.25, 0.3) is 16.7 Å². The molecule has 1 unspecified atom stereocenters. The molecule has 1 fully saturated rings. The van der Waals surface area contributed by atoms with Crippen molar-refractivity contribution >= 4 is 22.8 Å². The number of aliphatic hydroxyl groups excluding tert-OH is 2. The molecule has 3 aromatic rings. The highest BCUT2D eigenvalue weighted by Crippen LogP contribution is 2.28. The maximum absolute atomic E-state index is 15.2. The summed E-state index contributed by atoms with van der Waals surface area (Å²) in [5, 5.41) is 21.9. The van der Waals surface area contributed by atoms with Crippen molar-refractivity contribution in [3.05, 3.63) is 63.5 Å². The molecule has 3 heterocycles. The van der Waals surface area contributed by atoms with Crippen LogP contribution in [0.2, 0.25) is 0 Å². The minimum atomic E-state index is -1.36. The van der Waals surface area contributed by atoms with Gasteiger partial charge in [0.05, 0.1) is 30.2 Å². The predicted octanol–water partition coefficient (Wildman–Crippen LogP) is 1.88. The molecule has 0 radical (unpaired) electrons. The number of benzene rings is 1. The highest BCUT2D eigenvalue weighted by Gasteiger charge is 2.33. The topological polar surface area (TPSA) is 117 Å². The fraction of sp³-hybridized carbons (Fsp3) is 0.400. The largest absolute Gasteiger partial charge is 0.389 e. The molecule has 1 saturated heterocycles. The summed E-state index contributed by atoms with van der Waals surface area (Å²) in [5.41, 5.74) is -2.81. The van der Waals surface area contributed by atoms with Crippen LogP contribution in [-0.4, -0.2) is 70.7 Å². The summed E-state index contributed by atoms with van der Waals surface area (Å²) in [6.45, 7) is 3.32. The lowest BCUT2D eigenvalue weighted by Crippen LogP contribution is -2.43. The molecule has 204 valence electrons. The Morgan fingerprint density at radius 2 is 1.71 bits per heavy atom. The predicted molar refractivity (Wildman–Crippen MR) is 129 cm³/mol. The number of carbonyl (C=O) groups excluding carboxylic acids is 1. The Morgan fingerprint density at radius 1 is 1.11 bits per heavy atom. The molecule has 13 heteroatoms. The molecule has 38 heavy (non-hydrogen) atoms. The van der Waals surface area contributed by atoms with Crippen molar-refractivity contribution in [2.75, 3.05) is 31.7 Å². The van der Waals surface area contributed by atoms with Crippen LogP contribution in [0.1, 0.15) is 24.2 Å². The second kappa shape index (κ2) is 10.7. The number of fused-ring (bicyclic) bond motifs is 1. The molecular formula is C25H26F4N4O5. The Balaban J connectivity index is 1.97. The molecule has 1 aliphatic heterocycles. The van der Waals surface area contributed by atoms with Crippen LogP contribution in [0.4, 0.5) is 23.4 Å². The first-order chi connectivity index (χ1) is 17.9. The van der Waals surface area contributed by atoms with E-state index in [0.717, 1.165) is 16.8 Å². The Bertz CT molecular complexity index is 1410. The SMILES string of the molecule is COCC(NC(=O)c1cn(-c2c(F)cc(F)cc2F)c2nc(N3C[C@@H](O)[C@@H](O)C3)c(F)cc2c1=O)C(C)C. The van der Waals surface area contributed by atoms with Crippen molar-refractivity contribution in [3.8, 4) is 5.69 Å². The lowest BCUT2D eigenvalue weighted by molar-refractivity contribution is 0.0572. The summed E-state index contributed by atoms with van der Waals surface area (Å²) < 4.78 is 64.4. The highest BCUT2D eigenvalue weighted by molar-refractivity contribution is 5.97. The van der Waals surface area contributed by atoms with E-state index in [-0.39, 0.29) is 25.6 Å². The van der Waals surface area contributed by atoms with Gasteiger partial charge in [-0.15, -0.1) is 0 Å². The quantitative estimate of drug-likeness (QED) is 0.394. The molecular weight excluding hydrogens is 512 g/mol. The highest BCUT2D eigenvalue weighted by atomic mass is 19.1. The van der Waals surface area contributed by atoms with Crippen molar-refractivity contribution in [3.63, 3.8) is 0 Å². The zero-order valence-corrected chi connectivity index (χ0v) is 20.7. The summed E-state index contributed by atoms with van der Waals surface area (Å²) in [4.78, 5) is 31.8. The number of hydrogen-bond donors (Lipinski definition) is 3.